The highest BCUT2D eigenvalue weighted by molar-refractivity contribution is 5.78. The van der Waals surface area contributed by atoms with E-state index in [9.17, 15) is 9.59 Å². The second kappa shape index (κ2) is 18.2. The van der Waals surface area contributed by atoms with Gasteiger partial charge in [0.05, 0.1) is 19.3 Å². The maximum atomic E-state index is 11.1. The largest absolute Gasteiger partial charge is 0.394 e. The Hall–Kier alpha value is -1.14. The van der Waals surface area contributed by atoms with E-state index in [2.05, 4.69) is 10.6 Å². The van der Waals surface area contributed by atoms with Crippen molar-refractivity contribution in [3.8, 4) is 0 Å². The third kappa shape index (κ3) is 17.3. The van der Waals surface area contributed by atoms with Crippen LogP contribution in [-0.2, 0) is 9.59 Å². The monoisotopic (exact) mass is 264 g/mol. The summed E-state index contributed by atoms with van der Waals surface area (Å²) in [5.74, 6) is -0.509. The standard InChI is InChI=1S/C8H16N2O4.2C2H6/c1-6(13)9-3-2-8(14)10-7(4-11)5-12;2*1-2/h7,11-12H,2-5H2,1H3,(H,9,13)(H,10,14);2*1-2H3. The van der Waals surface area contributed by atoms with Gasteiger partial charge in [-0.3, -0.25) is 9.59 Å². The maximum absolute atomic E-state index is 11.1. The molecule has 0 heterocycles. The van der Waals surface area contributed by atoms with E-state index in [-0.39, 0.29) is 38.0 Å². The van der Waals surface area contributed by atoms with Crippen LogP contribution in [0.4, 0.5) is 0 Å². The first-order valence-electron chi connectivity index (χ1n) is 6.35. The van der Waals surface area contributed by atoms with Crippen LogP contribution in [0, 0.1) is 0 Å². The van der Waals surface area contributed by atoms with E-state index in [0.29, 0.717) is 0 Å². The molecule has 0 unspecified atom stereocenters. The van der Waals surface area contributed by atoms with E-state index in [4.69, 9.17) is 10.2 Å². The van der Waals surface area contributed by atoms with Crippen LogP contribution in [0.3, 0.4) is 0 Å². The SMILES string of the molecule is CC.CC.CC(=O)NCCC(=O)NC(CO)CO. The second-order valence-corrected chi connectivity index (χ2v) is 2.86. The Morgan fingerprint density at radius 3 is 1.83 bits per heavy atom. The average molecular weight is 264 g/mol. The molecule has 18 heavy (non-hydrogen) atoms. The first-order chi connectivity index (χ1) is 8.60. The number of rotatable bonds is 6. The van der Waals surface area contributed by atoms with Gasteiger partial charge in [0.1, 0.15) is 0 Å². The summed E-state index contributed by atoms with van der Waals surface area (Å²) in [7, 11) is 0. The number of aliphatic hydroxyl groups excluding tert-OH is 2. The molecule has 110 valence electrons. The van der Waals surface area contributed by atoms with Crippen molar-refractivity contribution in [1.29, 1.82) is 0 Å². The zero-order valence-electron chi connectivity index (χ0n) is 12.1. The lowest BCUT2D eigenvalue weighted by atomic mass is 10.3. The highest BCUT2D eigenvalue weighted by Crippen LogP contribution is 1.83. The van der Waals surface area contributed by atoms with Gasteiger partial charge < -0.3 is 20.8 Å². The first-order valence-corrected chi connectivity index (χ1v) is 6.35. The normalized spacial score (nSPS) is 8.44. The van der Waals surface area contributed by atoms with E-state index < -0.39 is 6.04 Å². The molecule has 0 aliphatic heterocycles. The third-order valence-electron chi connectivity index (χ3n) is 1.53. The lowest BCUT2D eigenvalue weighted by molar-refractivity contribution is -0.122. The molecule has 0 aromatic carbocycles. The van der Waals surface area contributed by atoms with E-state index in [1.165, 1.54) is 6.92 Å². The van der Waals surface area contributed by atoms with E-state index >= 15 is 0 Å². The topological polar surface area (TPSA) is 98.7 Å². The van der Waals surface area contributed by atoms with Crippen molar-refractivity contribution >= 4 is 11.8 Å². The van der Waals surface area contributed by atoms with Crippen molar-refractivity contribution in [1.82, 2.24) is 10.6 Å². The zero-order valence-corrected chi connectivity index (χ0v) is 12.1. The van der Waals surface area contributed by atoms with Crippen molar-refractivity contribution < 1.29 is 19.8 Å². The summed E-state index contributed by atoms with van der Waals surface area (Å²) in [6.07, 6.45) is 0.135. The van der Waals surface area contributed by atoms with Crippen molar-refractivity contribution in [3.05, 3.63) is 0 Å². The number of carbonyl (C=O) groups is 2. The van der Waals surface area contributed by atoms with E-state index in [0.717, 1.165) is 0 Å². The molecule has 4 N–H and O–H groups in total. The van der Waals surface area contributed by atoms with Crippen LogP contribution in [0.1, 0.15) is 41.0 Å². The Kier molecular flexibility index (Phi) is 22.4. The number of hydrogen-bond acceptors (Lipinski definition) is 4. The summed E-state index contributed by atoms with van der Waals surface area (Å²) in [4.78, 5) is 21.5. The smallest absolute Gasteiger partial charge is 0.222 e. The minimum atomic E-state index is -0.625. The molecule has 6 heteroatoms. The summed E-state index contributed by atoms with van der Waals surface area (Å²) in [5.41, 5.74) is 0. The molecule has 0 fully saturated rings. The molecule has 0 aliphatic rings. The van der Waals surface area contributed by atoms with Gasteiger partial charge in [-0.15, -0.1) is 0 Å². The zero-order chi connectivity index (χ0) is 15.0. The van der Waals surface area contributed by atoms with E-state index in [1.807, 2.05) is 27.7 Å². The van der Waals surface area contributed by atoms with Crippen LogP contribution >= 0.6 is 0 Å². The lowest BCUT2D eigenvalue weighted by Gasteiger charge is -2.12. The quantitative estimate of drug-likeness (QED) is 0.544. The van der Waals surface area contributed by atoms with Crippen molar-refractivity contribution in [2.24, 2.45) is 0 Å². The van der Waals surface area contributed by atoms with Gasteiger partial charge in [0.2, 0.25) is 11.8 Å². The van der Waals surface area contributed by atoms with Gasteiger partial charge in [-0.1, -0.05) is 27.7 Å². The Labute approximate surface area is 110 Å². The highest BCUT2D eigenvalue weighted by atomic mass is 16.3. The molecule has 0 saturated carbocycles. The van der Waals surface area contributed by atoms with Crippen LogP contribution in [-0.4, -0.2) is 47.8 Å². The molecule has 0 radical (unpaired) electrons. The summed E-state index contributed by atoms with van der Waals surface area (Å²) < 4.78 is 0. The predicted octanol–water partition coefficient (Wildman–Crippen LogP) is 0.0344. The summed E-state index contributed by atoms with van der Waals surface area (Å²) in [5, 5.41) is 22.1. The van der Waals surface area contributed by atoms with Gasteiger partial charge in [-0.2, -0.15) is 0 Å². The van der Waals surface area contributed by atoms with Crippen LogP contribution in [0.25, 0.3) is 0 Å². The second-order valence-electron chi connectivity index (χ2n) is 2.86. The van der Waals surface area contributed by atoms with Crippen molar-refractivity contribution in [2.75, 3.05) is 19.8 Å². The summed E-state index contributed by atoms with van der Waals surface area (Å²) in [6, 6.07) is -0.625. The van der Waals surface area contributed by atoms with Crippen LogP contribution in [0.5, 0.6) is 0 Å². The van der Waals surface area contributed by atoms with Gasteiger partial charge in [0.15, 0.2) is 0 Å². The van der Waals surface area contributed by atoms with E-state index in [1.54, 1.807) is 0 Å². The highest BCUT2D eigenvalue weighted by Gasteiger charge is 2.09. The molecule has 2 amide bonds. The molecule has 6 nitrogen and oxygen atoms in total. The molecule has 0 aromatic rings. The molecule has 0 atom stereocenters. The van der Waals surface area contributed by atoms with Crippen LogP contribution in [0.15, 0.2) is 0 Å². The Bertz CT molecular complexity index is 195. The molecular weight excluding hydrogens is 236 g/mol. The molecule has 0 saturated heterocycles. The fourth-order valence-corrected chi connectivity index (χ4v) is 0.801. The minimum absolute atomic E-state index is 0.135. The molecule has 0 aromatic heterocycles. The Morgan fingerprint density at radius 2 is 1.50 bits per heavy atom. The number of aliphatic hydroxyl groups is 2. The third-order valence-corrected chi connectivity index (χ3v) is 1.53. The van der Waals surface area contributed by atoms with Gasteiger partial charge in [0.25, 0.3) is 0 Å². The summed E-state index contributed by atoms with van der Waals surface area (Å²) >= 11 is 0. The number of nitrogens with one attached hydrogen (secondary N) is 2. The number of hydrogen-bond donors (Lipinski definition) is 4. The molecule has 0 rings (SSSR count). The number of carbonyl (C=O) groups excluding carboxylic acids is 2. The van der Waals surface area contributed by atoms with Gasteiger partial charge in [0, 0.05) is 19.9 Å². The Morgan fingerprint density at radius 1 is 1.06 bits per heavy atom. The number of amides is 2. The molecule has 0 bridgehead atoms. The summed E-state index contributed by atoms with van der Waals surface area (Å²) in [6.45, 7) is 9.01. The molecule has 0 aliphatic carbocycles. The van der Waals surface area contributed by atoms with Crippen molar-refractivity contribution in [3.63, 3.8) is 0 Å². The minimum Gasteiger partial charge on any atom is -0.394 e. The fourth-order valence-electron chi connectivity index (χ4n) is 0.801. The Balaban J connectivity index is -0.000000506. The van der Waals surface area contributed by atoms with Gasteiger partial charge in [-0.25, -0.2) is 0 Å². The fraction of sp³-hybridized carbons (Fsp3) is 0.833. The van der Waals surface area contributed by atoms with Gasteiger partial charge >= 0.3 is 0 Å². The lowest BCUT2D eigenvalue weighted by Crippen LogP contribution is -2.41. The van der Waals surface area contributed by atoms with Crippen LogP contribution in [0.2, 0.25) is 0 Å². The predicted molar refractivity (Wildman–Crippen MR) is 72.1 cm³/mol. The molecule has 0 spiro atoms. The van der Waals surface area contributed by atoms with Gasteiger partial charge in [-0.05, 0) is 0 Å². The van der Waals surface area contributed by atoms with Crippen molar-refractivity contribution in [2.45, 2.75) is 47.1 Å². The molecular formula is C12H28N2O4. The maximum Gasteiger partial charge on any atom is 0.222 e. The first kappa shape index (κ1) is 22.1. The average Bonchev–Trinajstić information content (AvgIpc) is 2.40. The van der Waals surface area contributed by atoms with Crippen LogP contribution < -0.4 is 10.6 Å².